The molecule has 0 radical (unpaired) electrons. The van der Waals surface area contributed by atoms with Gasteiger partial charge >= 0.3 is 0 Å². The molecule has 0 fully saturated rings. The molecule has 1 heterocycles. The van der Waals surface area contributed by atoms with E-state index in [1.54, 1.807) is 19.2 Å². The highest BCUT2D eigenvalue weighted by molar-refractivity contribution is 6.22. The molecule has 6 nitrogen and oxygen atoms in total. The molecule has 1 aliphatic heterocycles. The summed E-state index contributed by atoms with van der Waals surface area (Å²) < 4.78 is 4.99. The first kappa shape index (κ1) is 20.7. The lowest BCUT2D eigenvalue weighted by Crippen LogP contribution is -2.31. The summed E-state index contributed by atoms with van der Waals surface area (Å²) in [6.07, 6.45) is 1.31. The average molecular weight is 394 g/mol. The highest BCUT2D eigenvalue weighted by atomic mass is 16.5. The Kier molecular flexibility index (Phi) is 6.44. The van der Waals surface area contributed by atoms with Crippen molar-refractivity contribution in [2.24, 2.45) is 0 Å². The highest BCUT2D eigenvalue weighted by Crippen LogP contribution is 2.25. The molecule has 0 aromatic heterocycles. The maximum absolute atomic E-state index is 12.8. The van der Waals surface area contributed by atoms with Gasteiger partial charge in [-0.15, -0.1) is 0 Å². The number of nitrogens with one attached hydrogen (secondary N) is 1. The number of rotatable bonds is 8. The number of ether oxygens (including phenoxy) is 1. The van der Waals surface area contributed by atoms with Gasteiger partial charge in [-0.05, 0) is 43.5 Å². The molecule has 2 aromatic rings. The summed E-state index contributed by atoms with van der Waals surface area (Å²) >= 11 is 0. The van der Waals surface area contributed by atoms with Gasteiger partial charge in [-0.1, -0.05) is 36.8 Å². The summed E-state index contributed by atoms with van der Waals surface area (Å²) in [6, 6.07) is 12.6. The van der Waals surface area contributed by atoms with Crippen molar-refractivity contribution in [1.82, 2.24) is 10.2 Å². The zero-order valence-corrected chi connectivity index (χ0v) is 17.0. The zero-order chi connectivity index (χ0) is 21.0. The minimum atomic E-state index is -0.360. The number of fused-ring (bicyclic) bond motifs is 1. The SMILES string of the molecule is CC[C@H](NC(=O)c1ccc2c(c1)C(=O)N(CCCOC)C2=O)c1ccc(C)cc1. The predicted molar refractivity (Wildman–Crippen MR) is 110 cm³/mol. The molecule has 0 aliphatic carbocycles. The van der Waals surface area contributed by atoms with Crippen LogP contribution in [-0.4, -0.2) is 42.9 Å². The molecular weight excluding hydrogens is 368 g/mol. The highest BCUT2D eigenvalue weighted by Gasteiger charge is 2.35. The van der Waals surface area contributed by atoms with Crippen molar-refractivity contribution in [3.8, 4) is 0 Å². The number of imide groups is 1. The Balaban J connectivity index is 1.76. The Morgan fingerprint density at radius 1 is 1.07 bits per heavy atom. The molecule has 0 unspecified atom stereocenters. The lowest BCUT2D eigenvalue weighted by molar-refractivity contribution is 0.0638. The van der Waals surface area contributed by atoms with Crippen LogP contribution in [0.5, 0.6) is 0 Å². The maximum Gasteiger partial charge on any atom is 0.261 e. The lowest BCUT2D eigenvalue weighted by atomic mass is 10.0. The predicted octanol–water partition coefficient (Wildman–Crippen LogP) is 3.51. The van der Waals surface area contributed by atoms with Crippen LogP contribution in [0.25, 0.3) is 0 Å². The molecule has 2 aromatic carbocycles. The molecular formula is C23H26N2O4. The van der Waals surface area contributed by atoms with Crippen LogP contribution in [-0.2, 0) is 4.74 Å². The van der Waals surface area contributed by atoms with Crippen molar-refractivity contribution in [1.29, 1.82) is 0 Å². The minimum Gasteiger partial charge on any atom is -0.385 e. The Bertz CT molecular complexity index is 921. The van der Waals surface area contributed by atoms with Gasteiger partial charge in [0.05, 0.1) is 17.2 Å². The standard InChI is InChI=1S/C23H26N2O4/c1-4-20(16-8-6-15(2)7-9-16)24-21(26)17-10-11-18-19(14-17)23(28)25(22(18)27)12-5-13-29-3/h6-11,14,20H,4-5,12-13H2,1-3H3,(H,24,26)/t20-/m0/s1. The van der Waals surface area contributed by atoms with E-state index in [1.165, 1.54) is 11.0 Å². The molecule has 3 amide bonds. The number of benzene rings is 2. The molecule has 6 heteroatoms. The van der Waals surface area contributed by atoms with Crippen LogP contribution in [0.2, 0.25) is 0 Å². The molecule has 1 atom stereocenters. The monoisotopic (exact) mass is 394 g/mol. The normalized spacial score (nSPS) is 14.1. The van der Waals surface area contributed by atoms with Crippen LogP contribution < -0.4 is 5.32 Å². The number of hydrogen-bond acceptors (Lipinski definition) is 4. The molecule has 0 saturated carbocycles. The van der Waals surface area contributed by atoms with Gasteiger partial charge in [-0.3, -0.25) is 19.3 Å². The Labute approximate surface area is 170 Å². The number of aryl methyl sites for hydroxylation is 1. The first-order valence-corrected chi connectivity index (χ1v) is 9.82. The van der Waals surface area contributed by atoms with E-state index in [0.717, 1.165) is 17.5 Å². The van der Waals surface area contributed by atoms with E-state index in [-0.39, 0.29) is 29.3 Å². The van der Waals surface area contributed by atoms with Crippen molar-refractivity contribution in [3.05, 3.63) is 70.3 Å². The van der Waals surface area contributed by atoms with Crippen molar-refractivity contribution in [2.45, 2.75) is 32.7 Å². The van der Waals surface area contributed by atoms with Gasteiger partial charge in [-0.2, -0.15) is 0 Å². The minimum absolute atomic E-state index is 0.126. The third-order valence-electron chi connectivity index (χ3n) is 5.16. The molecule has 152 valence electrons. The summed E-state index contributed by atoms with van der Waals surface area (Å²) in [6.45, 7) is 4.80. The third-order valence-corrected chi connectivity index (χ3v) is 5.16. The molecule has 1 N–H and O–H groups in total. The van der Waals surface area contributed by atoms with E-state index in [9.17, 15) is 14.4 Å². The van der Waals surface area contributed by atoms with Crippen molar-refractivity contribution in [2.75, 3.05) is 20.3 Å². The third kappa shape index (κ3) is 4.38. The van der Waals surface area contributed by atoms with Crippen LogP contribution in [0.1, 0.15) is 68.0 Å². The lowest BCUT2D eigenvalue weighted by Gasteiger charge is -2.18. The van der Waals surface area contributed by atoms with E-state index >= 15 is 0 Å². The van der Waals surface area contributed by atoms with Gasteiger partial charge in [0.2, 0.25) is 0 Å². The number of carbonyl (C=O) groups is 3. The number of carbonyl (C=O) groups excluding carboxylic acids is 3. The molecule has 0 bridgehead atoms. The second kappa shape index (κ2) is 9.01. The summed E-state index contributed by atoms with van der Waals surface area (Å²) in [7, 11) is 1.58. The quantitative estimate of drug-likeness (QED) is 0.549. The van der Waals surface area contributed by atoms with Crippen LogP contribution >= 0.6 is 0 Å². The first-order valence-electron chi connectivity index (χ1n) is 9.82. The molecule has 29 heavy (non-hydrogen) atoms. The number of amides is 3. The van der Waals surface area contributed by atoms with Crippen molar-refractivity contribution < 1.29 is 19.1 Å². The Morgan fingerprint density at radius 2 is 1.76 bits per heavy atom. The second-order valence-corrected chi connectivity index (χ2v) is 7.21. The van der Waals surface area contributed by atoms with Gasteiger partial charge in [-0.25, -0.2) is 0 Å². The van der Waals surface area contributed by atoms with Gasteiger partial charge in [0.25, 0.3) is 17.7 Å². The van der Waals surface area contributed by atoms with Crippen molar-refractivity contribution >= 4 is 17.7 Å². The van der Waals surface area contributed by atoms with E-state index in [4.69, 9.17) is 4.74 Å². The molecule has 3 rings (SSSR count). The van der Waals surface area contributed by atoms with Crippen LogP contribution in [0.3, 0.4) is 0 Å². The maximum atomic E-state index is 12.8. The summed E-state index contributed by atoms with van der Waals surface area (Å²) in [5.41, 5.74) is 3.18. The van der Waals surface area contributed by atoms with E-state index in [1.807, 2.05) is 38.1 Å². The summed E-state index contributed by atoms with van der Waals surface area (Å²) in [4.78, 5) is 39.1. The van der Waals surface area contributed by atoms with E-state index < -0.39 is 0 Å². The van der Waals surface area contributed by atoms with Crippen LogP contribution in [0.15, 0.2) is 42.5 Å². The number of hydrogen-bond donors (Lipinski definition) is 1. The van der Waals surface area contributed by atoms with Crippen LogP contribution in [0.4, 0.5) is 0 Å². The van der Waals surface area contributed by atoms with E-state index in [0.29, 0.717) is 30.7 Å². The summed E-state index contributed by atoms with van der Waals surface area (Å²) in [5.74, 6) is -0.946. The van der Waals surface area contributed by atoms with E-state index in [2.05, 4.69) is 5.32 Å². The second-order valence-electron chi connectivity index (χ2n) is 7.21. The molecule has 0 saturated heterocycles. The fourth-order valence-corrected chi connectivity index (χ4v) is 3.46. The van der Waals surface area contributed by atoms with Gasteiger partial charge in [0, 0.05) is 25.8 Å². The fraction of sp³-hybridized carbons (Fsp3) is 0.348. The fourth-order valence-electron chi connectivity index (χ4n) is 3.46. The van der Waals surface area contributed by atoms with Crippen molar-refractivity contribution in [3.63, 3.8) is 0 Å². The van der Waals surface area contributed by atoms with Gasteiger partial charge in [0.15, 0.2) is 0 Å². The van der Waals surface area contributed by atoms with Gasteiger partial charge < -0.3 is 10.1 Å². The Morgan fingerprint density at radius 3 is 2.41 bits per heavy atom. The van der Waals surface area contributed by atoms with Crippen LogP contribution in [0, 0.1) is 6.92 Å². The topological polar surface area (TPSA) is 75.7 Å². The van der Waals surface area contributed by atoms with Gasteiger partial charge in [0.1, 0.15) is 0 Å². The first-order chi connectivity index (χ1) is 14.0. The number of nitrogens with zero attached hydrogens (tertiary/aromatic N) is 1. The number of methoxy groups -OCH3 is 1. The average Bonchev–Trinajstić information content (AvgIpc) is 2.97. The molecule has 0 spiro atoms. The smallest absolute Gasteiger partial charge is 0.261 e. The largest absolute Gasteiger partial charge is 0.385 e. The zero-order valence-electron chi connectivity index (χ0n) is 17.0. The summed E-state index contributed by atoms with van der Waals surface area (Å²) in [5, 5.41) is 3.02. The molecule has 1 aliphatic rings. The Hall–Kier alpha value is -2.99.